The van der Waals surface area contributed by atoms with E-state index in [4.69, 9.17) is 4.74 Å². The van der Waals surface area contributed by atoms with E-state index >= 15 is 0 Å². The van der Waals surface area contributed by atoms with E-state index in [1.165, 1.54) is 0 Å². The van der Waals surface area contributed by atoms with Crippen LogP contribution in [0.5, 0.6) is 0 Å². The molecule has 0 amide bonds. The average Bonchev–Trinajstić information content (AvgIpc) is 3.18. The molecule has 2 rings (SSSR count). The highest BCUT2D eigenvalue weighted by Gasteiger charge is 2.12. The summed E-state index contributed by atoms with van der Waals surface area (Å²) in [6.45, 7) is 8.64. The van der Waals surface area contributed by atoms with Crippen molar-refractivity contribution in [3.63, 3.8) is 0 Å². The minimum atomic E-state index is 0.269. The Morgan fingerprint density at radius 1 is 1.31 bits per heavy atom. The second-order valence-corrected chi connectivity index (χ2v) is 6.37. The van der Waals surface area contributed by atoms with Gasteiger partial charge in [0.1, 0.15) is 12.1 Å². The van der Waals surface area contributed by atoms with Gasteiger partial charge in [-0.05, 0) is 30.9 Å². The molecule has 2 aromatic rings. The van der Waals surface area contributed by atoms with Crippen LogP contribution in [0, 0.1) is 5.92 Å². The lowest BCUT2D eigenvalue weighted by atomic mass is 10.0. The zero-order valence-electron chi connectivity index (χ0n) is 16.1. The first kappa shape index (κ1) is 19.9. The summed E-state index contributed by atoms with van der Waals surface area (Å²) in [6, 6.07) is 4.02. The summed E-state index contributed by atoms with van der Waals surface area (Å²) < 4.78 is 7.65. The first-order valence-electron chi connectivity index (χ1n) is 9.13. The summed E-state index contributed by atoms with van der Waals surface area (Å²) in [4.78, 5) is 12.8. The number of aliphatic imine (C=N–C) groups is 1. The van der Waals surface area contributed by atoms with Crippen LogP contribution in [0.2, 0.25) is 0 Å². The van der Waals surface area contributed by atoms with E-state index in [1.54, 1.807) is 19.6 Å². The standard InChI is InChI=1S/C19H30N6O/c1-5-26-17(15(2)3)8-9-22-19(20-4)24-13-16-6-7-18(23-12-16)25-11-10-21-14-25/h6-7,10-12,14-15,17H,5,8-9,13H2,1-4H3,(H2,20,22,24). The van der Waals surface area contributed by atoms with Gasteiger partial charge in [0.15, 0.2) is 5.96 Å². The zero-order chi connectivity index (χ0) is 18.8. The quantitative estimate of drug-likeness (QED) is 0.532. The van der Waals surface area contributed by atoms with Gasteiger partial charge in [-0.25, -0.2) is 9.97 Å². The fourth-order valence-corrected chi connectivity index (χ4v) is 2.63. The van der Waals surface area contributed by atoms with Gasteiger partial charge < -0.3 is 15.4 Å². The van der Waals surface area contributed by atoms with E-state index in [-0.39, 0.29) is 6.10 Å². The predicted molar refractivity (Wildman–Crippen MR) is 104 cm³/mol. The highest BCUT2D eigenvalue weighted by molar-refractivity contribution is 5.79. The Morgan fingerprint density at radius 2 is 2.15 bits per heavy atom. The maximum Gasteiger partial charge on any atom is 0.191 e. The average molecular weight is 358 g/mol. The molecule has 1 atom stereocenters. The Bertz CT molecular complexity index is 651. The number of hydrogen-bond donors (Lipinski definition) is 2. The van der Waals surface area contributed by atoms with Crippen molar-refractivity contribution in [1.82, 2.24) is 25.2 Å². The van der Waals surface area contributed by atoms with Crippen molar-refractivity contribution in [3.05, 3.63) is 42.6 Å². The van der Waals surface area contributed by atoms with Crippen molar-refractivity contribution in [1.29, 1.82) is 0 Å². The SMILES string of the molecule is CCOC(CCNC(=NC)NCc1ccc(-n2ccnc2)nc1)C(C)C. The summed E-state index contributed by atoms with van der Waals surface area (Å²) in [7, 11) is 1.78. The molecule has 0 saturated heterocycles. The number of aromatic nitrogens is 3. The van der Waals surface area contributed by atoms with Crippen LogP contribution in [0.25, 0.3) is 5.82 Å². The lowest BCUT2D eigenvalue weighted by molar-refractivity contribution is 0.0258. The molecule has 0 aliphatic heterocycles. The summed E-state index contributed by atoms with van der Waals surface area (Å²) >= 11 is 0. The fourth-order valence-electron chi connectivity index (χ4n) is 2.63. The largest absolute Gasteiger partial charge is 0.378 e. The second-order valence-electron chi connectivity index (χ2n) is 6.37. The van der Waals surface area contributed by atoms with Crippen LogP contribution in [0.4, 0.5) is 0 Å². The van der Waals surface area contributed by atoms with Gasteiger partial charge in [-0.1, -0.05) is 19.9 Å². The monoisotopic (exact) mass is 358 g/mol. The number of guanidine groups is 1. The van der Waals surface area contributed by atoms with Crippen molar-refractivity contribution in [2.45, 2.75) is 39.8 Å². The van der Waals surface area contributed by atoms with Crippen LogP contribution in [0.3, 0.4) is 0 Å². The van der Waals surface area contributed by atoms with Gasteiger partial charge in [0.2, 0.25) is 0 Å². The maximum absolute atomic E-state index is 5.77. The summed E-state index contributed by atoms with van der Waals surface area (Å²) in [6.07, 6.45) is 8.43. The van der Waals surface area contributed by atoms with Crippen LogP contribution >= 0.6 is 0 Å². The van der Waals surface area contributed by atoms with E-state index in [1.807, 2.05) is 36.0 Å². The molecule has 0 aliphatic carbocycles. The van der Waals surface area contributed by atoms with Gasteiger partial charge in [0.05, 0.1) is 6.10 Å². The van der Waals surface area contributed by atoms with E-state index in [0.29, 0.717) is 12.5 Å². The highest BCUT2D eigenvalue weighted by Crippen LogP contribution is 2.10. The molecule has 0 spiro atoms. The molecular formula is C19H30N6O. The smallest absolute Gasteiger partial charge is 0.191 e. The van der Waals surface area contributed by atoms with Crippen LogP contribution in [-0.2, 0) is 11.3 Å². The van der Waals surface area contributed by atoms with Crippen molar-refractivity contribution >= 4 is 5.96 Å². The van der Waals surface area contributed by atoms with Crippen molar-refractivity contribution in [2.24, 2.45) is 10.9 Å². The van der Waals surface area contributed by atoms with Gasteiger partial charge in [0.25, 0.3) is 0 Å². The molecule has 0 aliphatic rings. The van der Waals surface area contributed by atoms with Crippen LogP contribution < -0.4 is 10.6 Å². The summed E-state index contributed by atoms with van der Waals surface area (Å²) in [5, 5.41) is 6.66. The number of hydrogen-bond acceptors (Lipinski definition) is 4. The first-order valence-corrected chi connectivity index (χ1v) is 9.13. The zero-order valence-corrected chi connectivity index (χ0v) is 16.1. The number of rotatable bonds is 9. The molecule has 142 valence electrons. The Labute approximate surface area is 155 Å². The fraction of sp³-hybridized carbons (Fsp3) is 0.526. The Balaban J connectivity index is 1.78. The predicted octanol–water partition coefficient (Wildman–Crippen LogP) is 2.38. The van der Waals surface area contributed by atoms with Gasteiger partial charge in [-0.3, -0.25) is 9.56 Å². The molecule has 0 fully saturated rings. The minimum Gasteiger partial charge on any atom is -0.378 e. The molecule has 7 nitrogen and oxygen atoms in total. The summed E-state index contributed by atoms with van der Waals surface area (Å²) in [5.41, 5.74) is 1.09. The molecule has 1 unspecified atom stereocenters. The molecule has 7 heteroatoms. The summed E-state index contributed by atoms with van der Waals surface area (Å²) in [5.74, 6) is 2.14. The van der Waals surface area contributed by atoms with Crippen molar-refractivity contribution in [3.8, 4) is 5.82 Å². The molecule has 0 saturated carbocycles. The van der Waals surface area contributed by atoms with Crippen molar-refractivity contribution < 1.29 is 4.74 Å². The molecular weight excluding hydrogens is 328 g/mol. The van der Waals surface area contributed by atoms with E-state index in [0.717, 1.165) is 36.9 Å². The van der Waals surface area contributed by atoms with E-state index in [2.05, 4.69) is 39.4 Å². The Hall–Kier alpha value is -2.41. The van der Waals surface area contributed by atoms with Crippen LogP contribution in [-0.4, -0.2) is 46.8 Å². The van der Waals surface area contributed by atoms with Gasteiger partial charge in [0, 0.05) is 45.3 Å². The highest BCUT2D eigenvalue weighted by atomic mass is 16.5. The van der Waals surface area contributed by atoms with Gasteiger partial charge in [-0.2, -0.15) is 0 Å². The molecule has 26 heavy (non-hydrogen) atoms. The molecule has 0 aromatic carbocycles. The molecule has 0 bridgehead atoms. The topological polar surface area (TPSA) is 76.4 Å². The third kappa shape index (κ3) is 6.15. The van der Waals surface area contributed by atoms with Gasteiger partial charge in [-0.15, -0.1) is 0 Å². The van der Waals surface area contributed by atoms with E-state index < -0.39 is 0 Å². The number of imidazole rings is 1. The number of pyridine rings is 1. The molecule has 2 aromatic heterocycles. The molecule has 0 radical (unpaired) electrons. The van der Waals surface area contributed by atoms with E-state index in [9.17, 15) is 0 Å². The van der Waals surface area contributed by atoms with Crippen molar-refractivity contribution in [2.75, 3.05) is 20.2 Å². The second kappa shape index (κ2) is 10.6. The maximum atomic E-state index is 5.77. The molecule has 2 heterocycles. The lowest BCUT2D eigenvalue weighted by Gasteiger charge is -2.21. The third-order valence-electron chi connectivity index (χ3n) is 4.11. The minimum absolute atomic E-state index is 0.269. The first-order chi connectivity index (χ1) is 12.6. The normalized spacial score (nSPS) is 13.0. The van der Waals surface area contributed by atoms with Crippen LogP contribution in [0.1, 0.15) is 32.8 Å². The third-order valence-corrected chi connectivity index (χ3v) is 4.11. The molecule has 2 N–H and O–H groups in total. The van der Waals surface area contributed by atoms with Gasteiger partial charge >= 0.3 is 0 Å². The Morgan fingerprint density at radius 3 is 2.73 bits per heavy atom. The number of nitrogens with zero attached hydrogens (tertiary/aromatic N) is 4. The number of nitrogens with one attached hydrogen (secondary N) is 2. The number of ether oxygens (including phenoxy) is 1. The Kier molecular flexibility index (Phi) is 8.08. The van der Waals surface area contributed by atoms with Crippen LogP contribution in [0.15, 0.2) is 42.0 Å². The lowest BCUT2D eigenvalue weighted by Crippen LogP contribution is -2.39.